The van der Waals surface area contributed by atoms with E-state index >= 15 is 0 Å². The van der Waals surface area contributed by atoms with Crippen molar-refractivity contribution in [1.29, 1.82) is 0 Å². The van der Waals surface area contributed by atoms with Gasteiger partial charge in [0.15, 0.2) is 11.5 Å². The van der Waals surface area contributed by atoms with Crippen LogP contribution in [-0.4, -0.2) is 12.7 Å². The lowest BCUT2D eigenvalue weighted by atomic mass is 10.2. The van der Waals surface area contributed by atoms with Gasteiger partial charge in [-0.15, -0.1) is 0 Å². The summed E-state index contributed by atoms with van der Waals surface area (Å²) in [6.45, 7) is 0.567. The number of amides is 1. The first-order chi connectivity index (χ1) is 10.1. The molecular formula is C15H14N2O4. The van der Waals surface area contributed by atoms with Crippen molar-refractivity contribution in [2.45, 2.75) is 6.61 Å². The Bertz CT molecular complexity index is 700. The highest BCUT2D eigenvalue weighted by Crippen LogP contribution is 2.33. The summed E-state index contributed by atoms with van der Waals surface area (Å²) in [6, 6.07) is 10.3. The molecule has 0 fully saturated rings. The molecule has 0 saturated carbocycles. The molecule has 0 spiro atoms. The van der Waals surface area contributed by atoms with Crippen LogP contribution >= 0.6 is 0 Å². The highest BCUT2D eigenvalue weighted by atomic mass is 16.7. The lowest BCUT2D eigenvalue weighted by Gasteiger charge is -2.10. The Hall–Kier alpha value is -2.89. The third-order valence-electron chi connectivity index (χ3n) is 3.13. The molecule has 1 amide bonds. The number of hydrogen-bond acceptors (Lipinski definition) is 5. The second-order valence-electron chi connectivity index (χ2n) is 4.59. The predicted molar refractivity (Wildman–Crippen MR) is 76.3 cm³/mol. The molecule has 108 valence electrons. The smallest absolute Gasteiger partial charge is 0.248 e. The van der Waals surface area contributed by atoms with Crippen molar-refractivity contribution in [3.63, 3.8) is 0 Å². The van der Waals surface area contributed by atoms with Gasteiger partial charge in [0.25, 0.3) is 0 Å². The zero-order chi connectivity index (χ0) is 14.8. The number of hydrogen-bond donors (Lipinski definition) is 2. The Morgan fingerprint density at radius 3 is 2.71 bits per heavy atom. The van der Waals surface area contributed by atoms with Gasteiger partial charge >= 0.3 is 0 Å². The van der Waals surface area contributed by atoms with Crippen LogP contribution in [0, 0.1) is 0 Å². The van der Waals surface area contributed by atoms with E-state index in [0.717, 1.165) is 11.3 Å². The molecule has 0 aliphatic carbocycles. The fraction of sp³-hybridized carbons (Fsp3) is 0.133. The lowest BCUT2D eigenvalue weighted by Crippen LogP contribution is -2.11. The maximum Gasteiger partial charge on any atom is 0.248 e. The average Bonchev–Trinajstić information content (AvgIpc) is 2.93. The van der Waals surface area contributed by atoms with Crippen LogP contribution in [0.2, 0.25) is 0 Å². The van der Waals surface area contributed by atoms with Crippen LogP contribution in [0.5, 0.6) is 17.2 Å². The van der Waals surface area contributed by atoms with E-state index in [9.17, 15) is 4.79 Å². The Morgan fingerprint density at radius 1 is 1.14 bits per heavy atom. The van der Waals surface area contributed by atoms with E-state index in [1.165, 1.54) is 6.07 Å². The molecule has 4 N–H and O–H groups in total. The molecule has 3 rings (SSSR count). The molecule has 6 heteroatoms. The van der Waals surface area contributed by atoms with Crippen LogP contribution in [0.4, 0.5) is 5.69 Å². The monoisotopic (exact) mass is 286 g/mol. The number of nitrogen functional groups attached to an aromatic ring is 1. The fourth-order valence-corrected chi connectivity index (χ4v) is 2.02. The summed E-state index contributed by atoms with van der Waals surface area (Å²) in [5, 5.41) is 0. The number of benzene rings is 2. The summed E-state index contributed by atoms with van der Waals surface area (Å²) in [5.41, 5.74) is 12.7. The molecule has 0 radical (unpaired) electrons. The summed E-state index contributed by atoms with van der Waals surface area (Å²) in [7, 11) is 0. The number of anilines is 1. The van der Waals surface area contributed by atoms with Crippen molar-refractivity contribution in [1.82, 2.24) is 0 Å². The SMILES string of the molecule is NC(=O)c1ccc(OCc2ccc3c(c2)OCO3)c(N)c1. The standard InChI is InChI=1S/C15H14N2O4/c16-11-6-10(15(17)18)2-4-12(11)19-7-9-1-3-13-14(5-9)21-8-20-13/h1-6H,7-8,16H2,(H2,17,18). The van der Waals surface area contributed by atoms with Gasteiger partial charge in [-0.1, -0.05) is 6.07 Å². The van der Waals surface area contributed by atoms with Crippen molar-refractivity contribution in [2.75, 3.05) is 12.5 Å². The Morgan fingerprint density at radius 2 is 1.95 bits per heavy atom. The average molecular weight is 286 g/mol. The molecule has 0 unspecified atom stereocenters. The van der Waals surface area contributed by atoms with Crippen LogP contribution < -0.4 is 25.7 Å². The number of carbonyl (C=O) groups excluding carboxylic acids is 1. The fourth-order valence-electron chi connectivity index (χ4n) is 2.02. The van der Waals surface area contributed by atoms with Crippen molar-refractivity contribution < 1.29 is 19.0 Å². The summed E-state index contributed by atoms with van der Waals surface area (Å²) in [6.07, 6.45) is 0. The van der Waals surface area contributed by atoms with Gasteiger partial charge in [0.1, 0.15) is 12.4 Å². The summed E-state index contributed by atoms with van der Waals surface area (Å²) < 4.78 is 16.2. The number of fused-ring (bicyclic) bond motifs is 1. The normalized spacial score (nSPS) is 12.2. The number of ether oxygens (including phenoxy) is 3. The van der Waals surface area contributed by atoms with Crippen molar-refractivity contribution in [2.24, 2.45) is 5.73 Å². The maximum absolute atomic E-state index is 11.1. The molecule has 21 heavy (non-hydrogen) atoms. The van der Waals surface area contributed by atoms with Gasteiger partial charge in [-0.3, -0.25) is 4.79 Å². The Balaban J connectivity index is 1.71. The van der Waals surface area contributed by atoms with Gasteiger partial charge in [0.2, 0.25) is 12.7 Å². The van der Waals surface area contributed by atoms with Gasteiger partial charge in [-0.2, -0.15) is 0 Å². The quantitative estimate of drug-likeness (QED) is 0.833. The van der Waals surface area contributed by atoms with Crippen LogP contribution in [0.3, 0.4) is 0 Å². The van der Waals surface area contributed by atoms with Crippen LogP contribution in [0.1, 0.15) is 15.9 Å². The van der Waals surface area contributed by atoms with Gasteiger partial charge in [0, 0.05) is 5.56 Å². The molecule has 0 atom stereocenters. The minimum atomic E-state index is -0.524. The molecule has 2 aromatic rings. The van der Waals surface area contributed by atoms with Crippen LogP contribution in [-0.2, 0) is 6.61 Å². The lowest BCUT2D eigenvalue weighted by molar-refractivity contribution is 0.100. The predicted octanol–water partition coefficient (Wildman–Crippen LogP) is 1.68. The summed E-state index contributed by atoms with van der Waals surface area (Å²) in [5.74, 6) is 1.40. The number of primary amides is 1. The van der Waals surface area contributed by atoms with E-state index in [1.807, 2.05) is 18.2 Å². The molecule has 0 saturated heterocycles. The zero-order valence-corrected chi connectivity index (χ0v) is 11.2. The first kappa shape index (κ1) is 13.1. The van der Waals surface area contributed by atoms with Crippen LogP contribution in [0.25, 0.3) is 0 Å². The van der Waals surface area contributed by atoms with Crippen molar-refractivity contribution in [3.05, 3.63) is 47.5 Å². The first-order valence-corrected chi connectivity index (χ1v) is 6.34. The topological polar surface area (TPSA) is 96.8 Å². The van der Waals surface area contributed by atoms with E-state index in [0.29, 0.717) is 29.4 Å². The second kappa shape index (κ2) is 5.24. The largest absolute Gasteiger partial charge is 0.487 e. The van der Waals surface area contributed by atoms with Gasteiger partial charge in [0.05, 0.1) is 5.69 Å². The molecular weight excluding hydrogens is 272 g/mol. The van der Waals surface area contributed by atoms with E-state index in [-0.39, 0.29) is 6.79 Å². The van der Waals surface area contributed by atoms with E-state index in [2.05, 4.69) is 0 Å². The minimum absolute atomic E-state index is 0.237. The van der Waals surface area contributed by atoms with Gasteiger partial charge < -0.3 is 25.7 Å². The first-order valence-electron chi connectivity index (χ1n) is 6.34. The summed E-state index contributed by atoms with van der Waals surface area (Å²) in [4.78, 5) is 11.1. The highest BCUT2D eigenvalue weighted by molar-refractivity contribution is 5.94. The molecule has 0 aromatic heterocycles. The van der Waals surface area contributed by atoms with Crippen molar-refractivity contribution in [3.8, 4) is 17.2 Å². The van der Waals surface area contributed by atoms with Crippen LogP contribution in [0.15, 0.2) is 36.4 Å². The van der Waals surface area contributed by atoms with E-state index < -0.39 is 5.91 Å². The molecule has 2 aromatic carbocycles. The minimum Gasteiger partial charge on any atom is -0.487 e. The number of carbonyl (C=O) groups is 1. The Kier molecular flexibility index (Phi) is 3.27. The van der Waals surface area contributed by atoms with E-state index in [1.54, 1.807) is 12.1 Å². The molecule has 1 aliphatic rings. The zero-order valence-electron chi connectivity index (χ0n) is 11.2. The van der Waals surface area contributed by atoms with Gasteiger partial charge in [-0.05, 0) is 35.9 Å². The summed E-state index contributed by atoms with van der Waals surface area (Å²) >= 11 is 0. The Labute approximate surface area is 121 Å². The second-order valence-corrected chi connectivity index (χ2v) is 4.59. The maximum atomic E-state index is 11.1. The number of nitrogens with two attached hydrogens (primary N) is 2. The highest BCUT2D eigenvalue weighted by Gasteiger charge is 2.13. The van der Waals surface area contributed by atoms with E-state index in [4.69, 9.17) is 25.7 Å². The molecule has 1 heterocycles. The molecule has 0 bridgehead atoms. The third-order valence-corrected chi connectivity index (χ3v) is 3.13. The third kappa shape index (κ3) is 2.69. The number of rotatable bonds is 4. The van der Waals surface area contributed by atoms with Gasteiger partial charge in [-0.25, -0.2) is 0 Å². The molecule has 1 aliphatic heterocycles. The molecule has 6 nitrogen and oxygen atoms in total. The van der Waals surface area contributed by atoms with Crippen molar-refractivity contribution >= 4 is 11.6 Å².